The van der Waals surface area contributed by atoms with Crippen LogP contribution in [0.1, 0.15) is 12.8 Å². The quantitative estimate of drug-likeness (QED) is 0.524. The van der Waals surface area contributed by atoms with E-state index >= 15 is 0 Å². The Kier molecular flexibility index (Phi) is 3.35. The summed E-state index contributed by atoms with van der Waals surface area (Å²) in [5.74, 6) is 0. The lowest BCUT2D eigenvalue weighted by Gasteiger charge is -2.29. The molecule has 1 heterocycles. The fraction of sp³-hybridized carbons (Fsp3) is 1.00. The van der Waals surface area contributed by atoms with Crippen LogP contribution < -0.4 is 0 Å². The first-order valence-corrected chi connectivity index (χ1v) is 4.84. The van der Waals surface area contributed by atoms with Crippen molar-refractivity contribution in [3.05, 3.63) is 0 Å². The molecule has 1 saturated heterocycles. The minimum Gasteiger partial charge on any atom is -0.390 e. The summed E-state index contributed by atoms with van der Waals surface area (Å²) < 4.78 is 5.78. The number of hydrogen-bond donors (Lipinski definition) is 2. The monoisotopic (exact) mass is 258 g/mol. The van der Waals surface area contributed by atoms with Crippen molar-refractivity contribution >= 4 is 22.6 Å². The van der Waals surface area contributed by atoms with E-state index < -0.39 is 6.29 Å². The van der Waals surface area contributed by atoms with Gasteiger partial charge in [0.05, 0.1) is 12.2 Å². The van der Waals surface area contributed by atoms with Crippen LogP contribution in [0.2, 0.25) is 0 Å². The van der Waals surface area contributed by atoms with Gasteiger partial charge >= 0.3 is 0 Å². The van der Waals surface area contributed by atoms with Crippen LogP contribution in [0.15, 0.2) is 0 Å². The molecule has 4 heteroatoms. The van der Waals surface area contributed by atoms with E-state index in [-0.39, 0.29) is 12.2 Å². The first-order chi connectivity index (χ1) is 4.74. The Labute approximate surface area is 73.5 Å². The number of aliphatic hydroxyl groups excluding tert-OH is 2. The molecule has 1 aliphatic rings. The lowest BCUT2D eigenvalue weighted by atomic mass is 10.1. The van der Waals surface area contributed by atoms with E-state index in [0.29, 0.717) is 12.8 Å². The summed E-state index contributed by atoms with van der Waals surface area (Å²) in [5, 5.41) is 18.2. The zero-order chi connectivity index (χ0) is 7.56. The van der Waals surface area contributed by atoms with Crippen LogP contribution in [-0.2, 0) is 4.74 Å². The lowest BCUT2D eigenvalue weighted by molar-refractivity contribution is -0.190. The molecular formula is C6H11IO3. The van der Waals surface area contributed by atoms with E-state index in [1.807, 2.05) is 0 Å². The normalized spacial score (nSPS) is 41.7. The third-order valence-corrected chi connectivity index (χ3v) is 2.49. The molecular weight excluding hydrogens is 247 g/mol. The first kappa shape index (κ1) is 8.70. The Morgan fingerprint density at radius 3 is 2.60 bits per heavy atom. The highest BCUT2D eigenvalue weighted by atomic mass is 127. The molecule has 2 N–H and O–H groups in total. The number of aliphatic hydroxyl groups is 2. The highest BCUT2D eigenvalue weighted by Gasteiger charge is 2.27. The maximum Gasteiger partial charge on any atom is 0.155 e. The highest BCUT2D eigenvalue weighted by molar-refractivity contribution is 14.1. The molecule has 0 aliphatic carbocycles. The molecule has 1 rings (SSSR count). The number of rotatable bonds is 1. The predicted octanol–water partition coefficient (Wildman–Crippen LogP) is 0.280. The average Bonchev–Trinajstić information content (AvgIpc) is 1.94. The third kappa shape index (κ3) is 2.05. The van der Waals surface area contributed by atoms with Crippen molar-refractivity contribution in [2.24, 2.45) is 0 Å². The van der Waals surface area contributed by atoms with Crippen LogP contribution in [0.3, 0.4) is 0 Å². The van der Waals surface area contributed by atoms with Crippen molar-refractivity contribution in [3.63, 3.8) is 0 Å². The van der Waals surface area contributed by atoms with E-state index in [4.69, 9.17) is 9.84 Å². The van der Waals surface area contributed by atoms with Crippen LogP contribution in [0.5, 0.6) is 0 Å². The van der Waals surface area contributed by atoms with Crippen molar-refractivity contribution in [1.82, 2.24) is 0 Å². The molecule has 0 aromatic rings. The second kappa shape index (κ2) is 3.85. The summed E-state index contributed by atoms with van der Waals surface area (Å²) >= 11 is 2.14. The molecule has 3 nitrogen and oxygen atoms in total. The first-order valence-electron chi connectivity index (χ1n) is 3.31. The number of alkyl halides is 1. The predicted molar refractivity (Wildman–Crippen MR) is 45.0 cm³/mol. The SMILES string of the molecule is OC1CC[C@H](O)[C@@H](CI)O1. The molecule has 10 heavy (non-hydrogen) atoms. The summed E-state index contributed by atoms with van der Waals surface area (Å²) in [6.45, 7) is 0. The lowest BCUT2D eigenvalue weighted by Crippen LogP contribution is -2.39. The number of ether oxygens (including phenoxy) is 1. The summed E-state index contributed by atoms with van der Waals surface area (Å²) in [4.78, 5) is 0. The van der Waals surface area contributed by atoms with E-state index in [2.05, 4.69) is 22.6 Å². The highest BCUT2D eigenvalue weighted by Crippen LogP contribution is 2.19. The van der Waals surface area contributed by atoms with Crippen molar-refractivity contribution in [3.8, 4) is 0 Å². The molecule has 0 aromatic carbocycles. The molecule has 1 aliphatic heterocycles. The van der Waals surface area contributed by atoms with Gasteiger partial charge in [-0.3, -0.25) is 0 Å². The molecule has 0 amide bonds. The van der Waals surface area contributed by atoms with Gasteiger partial charge in [0.1, 0.15) is 0 Å². The molecule has 60 valence electrons. The summed E-state index contributed by atoms with van der Waals surface area (Å²) in [6, 6.07) is 0. The maximum absolute atomic E-state index is 9.25. The van der Waals surface area contributed by atoms with E-state index in [9.17, 15) is 5.11 Å². The average molecular weight is 258 g/mol. The number of halogens is 1. The van der Waals surface area contributed by atoms with Gasteiger partial charge in [-0.15, -0.1) is 0 Å². The van der Waals surface area contributed by atoms with Gasteiger partial charge in [0, 0.05) is 10.8 Å². The molecule has 0 bridgehead atoms. The Bertz CT molecular complexity index is 109. The number of hydrogen-bond acceptors (Lipinski definition) is 3. The van der Waals surface area contributed by atoms with Gasteiger partial charge in [-0.2, -0.15) is 0 Å². The zero-order valence-corrected chi connectivity index (χ0v) is 7.69. The van der Waals surface area contributed by atoms with Crippen molar-refractivity contribution in [2.75, 3.05) is 4.43 Å². The van der Waals surface area contributed by atoms with Gasteiger partial charge in [-0.05, 0) is 6.42 Å². The van der Waals surface area contributed by atoms with Crippen molar-refractivity contribution in [2.45, 2.75) is 31.3 Å². The Hall–Kier alpha value is 0.610. The van der Waals surface area contributed by atoms with Crippen LogP contribution in [0, 0.1) is 0 Å². The topological polar surface area (TPSA) is 49.7 Å². The van der Waals surface area contributed by atoms with Crippen LogP contribution in [0.25, 0.3) is 0 Å². The third-order valence-electron chi connectivity index (χ3n) is 1.62. The minimum atomic E-state index is -0.664. The smallest absolute Gasteiger partial charge is 0.155 e. The van der Waals surface area contributed by atoms with E-state index in [0.717, 1.165) is 4.43 Å². The van der Waals surface area contributed by atoms with Gasteiger partial charge in [-0.25, -0.2) is 0 Å². The standard InChI is InChI=1S/C6H11IO3/c7-3-5-4(8)1-2-6(9)10-5/h4-6,8-9H,1-3H2/t4-,5+,6?/m0/s1. The minimum absolute atomic E-state index is 0.177. The van der Waals surface area contributed by atoms with Crippen molar-refractivity contribution < 1.29 is 14.9 Å². The maximum atomic E-state index is 9.25. The van der Waals surface area contributed by atoms with E-state index in [1.165, 1.54) is 0 Å². The second-order valence-electron chi connectivity index (χ2n) is 2.43. The molecule has 0 saturated carbocycles. The Morgan fingerprint density at radius 1 is 1.40 bits per heavy atom. The van der Waals surface area contributed by atoms with Gasteiger partial charge in [0.2, 0.25) is 0 Å². The van der Waals surface area contributed by atoms with Crippen LogP contribution in [-0.4, -0.2) is 33.1 Å². The Balaban J connectivity index is 2.38. The molecule has 0 aromatic heterocycles. The molecule has 3 atom stereocenters. The van der Waals surface area contributed by atoms with Crippen LogP contribution in [0.4, 0.5) is 0 Å². The Morgan fingerprint density at radius 2 is 2.10 bits per heavy atom. The van der Waals surface area contributed by atoms with Gasteiger partial charge in [0.15, 0.2) is 6.29 Å². The largest absolute Gasteiger partial charge is 0.390 e. The molecule has 0 spiro atoms. The fourth-order valence-electron chi connectivity index (χ4n) is 0.999. The summed E-state index contributed by atoms with van der Waals surface area (Å²) in [5.41, 5.74) is 0. The molecule has 1 fully saturated rings. The van der Waals surface area contributed by atoms with Crippen molar-refractivity contribution in [1.29, 1.82) is 0 Å². The van der Waals surface area contributed by atoms with Gasteiger partial charge in [-0.1, -0.05) is 22.6 Å². The molecule has 1 unspecified atom stereocenters. The zero-order valence-electron chi connectivity index (χ0n) is 5.53. The fourth-order valence-corrected chi connectivity index (χ4v) is 1.79. The second-order valence-corrected chi connectivity index (χ2v) is 3.31. The van der Waals surface area contributed by atoms with Gasteiger partial charge < -0.3 is 14.9 Å². The van der Waals surface area contributed by atoms with E-state index in [1.54, 1.807) is 0 Å². The molecule has 0 radical (unpaired) electrons. The van der Waals surface area contributed by atoms with Gasteiger partial charge in [0.25, 0.3) is 0 Å². The summed E-state index contributed by atoms with van der Waals surface area (Å²) in [6.07, 6.45) is -0.0313. The van der Waals surface area contributed by atoms with Crippen LogP contribution >= 0.6 is 22.6 Å². The summed E-state index contributed by atoms with van der Waals surface area (Å²) in [7, 11) is 0.